The summed E-state index contributed by atoms with van der Waals surface area (Å²) >= 11 is 1.59. The summed E-state index contributed by atoms with van der Waals surface area (Å²) < 4.78 is 12.8. The normalized spacial score (nSPS) is 14.5. The molecule has 0 fully saturated rings. The highest BCUT2D eigenvalue weighted by molar-refractivity contribution is 7.07. The van der Waals surface area contributed by atoms with Gasteiger partial charge < -0.3 is 5.32 Å². The van der Waals surface area contributed by atoms with Gasteiger partial charge in [0, 0.05) is 17.5 Å². The van der Waals surface area contributed by atoms with Crippen LogP contribution in [0.5, 0.6) is 0 Å². The van der Waals surface area contributed by atoms with Crippen LogP contribution in [-0.2, 0) is 0 Å². The zero-order chi connectivity index (χ0) is 12.3. The van der Waals surface area contributed by atoms with Crippen molar-refractivity contribution in [2.24, 2.45) is 0 Å². The van der Waals surface area contributed by atoms with Crippen molar-refractivity contribution in [3.63, 3.8) is 0 Å². The van der Waals surface area contributed by atoms with Crippen molar-refractivity contribution in [2.75, 3.05) is 0 Å². The van der Waals surface area contributed by atoms with Crippen LogP contribution in [0.3, 0.4) is 0 Å². The molecular weight excluding hydrogens is 235 g/mol. The number of aromatic nitrogens is 1. The fourth-order valence-corrected chi connectivity index (χ4v) is 2.39. The molecule has 2 atom stereocenters. The Morgan fingerprint density at radius 1 is 1.18 bits per heavy atom. The lowest BCUT2D eigenvalue weighted by Gasteiger charge is -2.19. The number of hydrogen-bond acceptors (Lipinski definition) is 3. The number of benzene rings is 1. The summed E-state index contributed by atoms with van der Waals surface area (Å²) in [4.78, 5) is 4.27. The molecular formula is C13H15FN2S. The maximum absolute atomic E-state index is 12.8. The third-order valence-corrected chi connectivity index (χ3v) is 3.37. The number of halogens is 1. The van der Waals surface area contributed by atoms with E-state index >= 15 is 0 Å². The lowest BCUT2D eigenvalue weighted by Crippen LogP contribution is -2.22. The Balaban J connectivity index is 2.01. The van der Waals surface area contributed by atoms with Crippen molar-refractivity contribution >= 4 is 11.3 Å². The van der Waals surface area contributed by atoms with Crippen LogP contribution in [0.15, 0.2) is 35.2 Å². The van der Waals surface area contributed by atoms with E-state index in [1.807, 2.05) is 10.9 Å². The molecule has 1 aromatic carbocycles. The smallest absolute Gasteiger partial charge is 0.123 e. The van der Waals surface area contributed by atoms with E-state index in [1.54, 1.807) is 23.5 Å². The molecule has 1 aromatic heterocycles. The predicted molar refractivity (Wildman–Crippen MR) is 68.5 cm³/mol. The lowest BCUT2D eigenvalue weighted by atomic mass is 10.1. The van der Waals surface area contributed by atoms with Crippen LogP contribution in [0.1, 0.15) is 37.2 Å². The third-order valence-electron chi connectivity index (χ3n) is 2.77. The number of thiazole rings is 1. The van der Waals surface area contributed by atoms with Crippen molar-refractivity contribution in [1.29, 1.82) is 0 Å². The van der Waals surface area contributed by atoms with E-state index in [0.717, 1.165) is 11.3 Å². The van der Waals surface area contributed by atoms with Crippen LogP contribution in [0, 0.1) is 5.82 Å². The fourth-order valence-electron chi connectivity index (χ4n) is 1.74. The first-order valence-electron chi connectivity index (χ1n) is 5.56. The van der Waals surface area contributed by atoms with Gasteiger partial charge in [-0.2, -0.15) is 0 Å². The SMILES string of the molecule is CC(N[C@H](C)c1ccc(F)cc1)c1cscn1. The molecule has 1 unspecified atom stereocenters. The molecule has 0 bridgehead atoms. The molecule has 0 spiro atoms. The fraction of sp³-hybridized carbons (Fsp3) is 0.308. The molecule has 0 aliphatic carbocycles. The quantitative estimate of drug-likeness (QED) is 0.895. The maximum Gasteiger partial charge on any atom is 0.123 e. The molecule has 90 valence electrons. The van der Waals surface area contributed by atoms with E-state index < -0.39 is 0 Å². The summed E-state index contributed by atoms with van der Waals surface area (Å²) in [5.41, 5.74) is 3.95. The standard InChI is InChI=1S/C13H15FN2S/c1-9(11-3-5-12(14)6-4-11)16-10(2)13-7-17-8-15-13/h3-10,16H,1-2H3/t9-,10?/m1/s1. The van der Waals surface area contributed by atoms with Crippen molar-refractivity contribution in [1.82, 2.24) is 10.3 Å². The van der Waals surface area contributed by atoms with Gasteiger partial charge in [0.1, 0.15) is 5.82 Å². The number of nitrogens with zero attached hydrogens (tertiary/aromatic N) is 1. The molecule has 1 N–H and O–H groups in total. The third kappa shape index (κ3) is 3.11. The molecule has 17 heavy (non-hydrogen) atoms. The second-order valence-corrected chi connectivity index (χ2v) is 4.79. The predicted octanol–water partition coefficient (Wildman–Crippen LogP) is 3.69. The van der Waals surface area contributed by atoms with Gasteiger partial charge in [-0.15, -0.1) is 11.3 Å². The van der Waals surface area contributed by atoms with E-state index in [2.05, 4.69) is 24.1 Å². The van der Waals surface area contributed by atoms with Crippen molar-refractivity contribution < 1.29 is 4.39 Å². The minimum absolute atomic E-state index is 0.173. The first-order chi connectivity index (χ1) is 8.16. The number of rotatable bonds is 4. The minimum atomic E-state index is -0.200. The van der Waals surface area contributed by atoms with Gasteiger partial charge in [-0.1, -0.05) is 12.1 Å². The number of nitrogens with one attached hydrogen (secondary N) is 1. The average molecular weight is 250 g/mol. The van der Waals surface area contributed by atoms with Crippen LogP contribution < -0.4 is 5.32 Å². The molecule has 4 heteroatoms. The van der Waals surface area contributed by atoms with Gasteiger partial charge in [0.15, 0.2) is 0 Å². The molecule has 2 nitrogen and oxygen atoms in total. The highest BCUT2D eigenvalue weighted by Crippen LogP contribution is 2.19. The monoisotopic (exact) mass is 250 g/mol. The van der Waals surface area contributed by atoms with Crippen molar-refractivity contribution in [2.45, 2.75) is 25.9 Å². The van der Waals surface area contributed by atoms with Crippen LogP contribution in [0.25, 0.3) is 0 Å². The maximum atomic E-state index is 12.8. The second kappa shape index (κ2) is 5.38. The highest BCUT2D eigenvalue weighted by atomic mass is 32.1. The van der Waals surface area contributed by atoms with Gasteiger partial charge >= 0.3 is 0 Å². The van der Waals surface area contributed by atoms with Crippen LogP contribution in [-0.4, -0.2) is 4.98 Å². The molecule has 2 aromatic rings. The largest absolute Gasteiger partial charge is 0.302 e. The molecule has 0 radical (unpaired) electrons. The average Bonchev–Trinajstić information content (AvgIpc) is 2.83. The van der Waals surface area contributed by atoms with Gasteiger partial charge in [0.05, 0.1) is 11.2 Å². The Hall–Kier alpha value is -1.26. The first-order valence-corrected chi connectivity index (χ1v) is 6.50. The lowest BCUT2D eigenvalue weighted by molar-refractivity contribution is 0.487. The van der Waals surface area contributed by atoms with Crippen LogP contribution in [0.4, 0.5) is 4.39 Å². The highest BCUT2D eigenvalue weighted by Gasteiger charge is 2.12. The summed E-state index contributed by atoms with van der Waals surface area (Å²) in [5.74, 6) is -0.200. The zero-order valence-corrected chi connectivity index (χ0v) is 10.7. The summed E-state index contributed by atoms with van der Waals surface area (Å²) in [7, 11) is 0. The van der Waals surface area contributed by atoms with Gasteiger partial charge in [0.2, 0.25) is 0 Å². The van der Waals surface area contributed by atoms with Crippen LogP contribution in [0.2, 0.25) is 0 Å². The minimum Gasteiger partial charge on any atom is -0.302 e. The van der Waals surface area contributed by atoms with Crippen LogP contribution >= 0.6 is 11.3 Å². The molecule has 0 aliphatic rings. The van der Waals surface area contributed by atoms with E-state index in [1.165, 1.54) is 12.1 Å². The Kier molecular flexibility index (Phi) is 3.86. The Labute approximate surface area is 105 Å². The number of hydrogen-bond donors (Lipinski definition) is 1. The van der Waals surface area contributed by atoms with Gasteiger partial charge in [0.25, 0.3) is 0 Å². The second-order valence-electron chi connectivity index (χ2n) is 4.07. The summed E-state index contributed by atoms with van der Waals surface area (Å²) in [6.45, 7) is 4.14. The Morgan fingerprint density at radius 2 is 1.88 bits per heavy atom. The first kappa shape index (κ1) is 12.2. The van der Waals surface area contributed by atoms with E-state index in [4.69, 9.17) is 0 Å². The summed E-state index contributed by atoms with van der Waals surface area (Å²) in [5, 5.41) is 5.48. The van der Waals surface area contributed by atoms with Gasteiger partial charge in [-0.3, -0.25) is 0 Å². The summed E-state index contributed by atoms with van der Waals surface area (Å²) in [6, 6.07) is 6.96. The van der Waals surface area contributed by atoms with E-state index in [0.29, 0.717) is 0 Å². The van der Waals surface area contributed by atoms with Crippen molar-refractivity contribution in [3.8, 4) is 0 Å². The molecule has 2 rings (SSSR count). The van der Waals surface area contributed by atoms with E-state index in [-0.39, 0.29) is 17.9 Å². The Bertz CT molecular complexity index is 453. The Morgan fingerprint density at radius 3 is 2.47 bits per heavy atom. The molecule has 0 saturated carbocycles. The molecule has 0 saturated heterocycles. The topological polar surface area (TPSA) is 24.9 Å². The van der Waals surface area contributed by atoms with Gasteiger partial charge in [-0.05, 0) is 31.5 Å². The summed E-state index contributed by atoms with van der Waals surface area (Å²) in [6.07, 6.45) is 0. The van der Waals surface area contributed by atoms with Crippen molar-refractivity contribution in [3.05, 3.63) is 52.2 Å². The molecule has 1 heterocycles. The zero-order valence-electron chi connectivity index (χ0n) is 9.85. The molecule has 0 amide bonds. The van der Waals surface area contributed by atoms with E-state index in [9.17, 15) is 4.39 Å². The molecule has 0 aliphatic heterocycles. The van der Waals surface area contributed by atoms with Gasteiger partial charge in [-0.25, -0.2) is 9.37 Å².